The molecule has 74 valence electrons. The number of hydrogen-bond acceptors (Lipinski definition) is 4. The highest BCUT2D eigenvalue weighted by Crippen LogP contribution is 2.28. The molecule has 2 heterocycles. The summed E-state index contributed by atoms with van der Waals surface area (Å²) < 4.78 is 0. The molecule has 1 aromatic heterocycles. The van der Waals surface area contributed by atoms with Crippen molar-refractivity contribution in [2.45, 2.75) is 13.8 Å². The van der Waals surface area contributed by atoms with E-state index in [1.807, 2.05) is 6.92 Å². The minimum atomic E-state index is 0.0330. The molecule has 0 unspecified atom stereocenters. The lowest BCUT2D eigenvalue weighted by molar-refractivity contribution is -0.116. The molecule has 1 aliphatic rings. The molecule has 0 spiro atoms. The van der Waals surface area contributed by atoms with Gasteiger partial charge in [0.25, 0.3) is 0 Å². The van der Waals surface area contributed by atoms with Crippen molar-refractivity contribution >= 4 is 17.4 Å². The lowest BCUT2D eigenvalue weighted by Crippen LogP contribution is -2.38. The van der Waals surface area contributed by atoms with E-state index in [-0.39, 0.29) is 5.91 Å². The van der Waals surface area contributed by atoms with Crippen LogP contribution in [0.5, 0.6) is 0 Å². The van der Waals surface area contributed by atoms with Gasteiger partial charge in [0.15, 0.2) is 5.82 Å². The highest BCUT2D eigenvalue weighted by atomic mass is 16.2. The Balaban J connectivity index is 2.52. The third-order valence-electron chi connectivity index (χ3n) is 2.28. The normalized spacial score (nSPS) is 14.6. The van der Waals surface area contributed by atoms with Gasteiger partial charge < -0.3 is 10.2 Å². The molecule has 5 nitrogen and oxygen atoms in total. The molecule has 0 atom stereocenters. The van der Waals surface area contributed by atoms with E-state index in [2.05, 4.69) is 15.3 Å². The van der Waals surface area contributed by atoms with Gasteiger partial charge in [0.1, 0.15) is 12.0 Å². The summed E-state index contributed by atoms with van der Waals surface area (Å²) in [5, 5.41) is 3.14. The molecule has 1 N–H and O–H groups in total. The molecule has 5 heteroatoms. The SMILES string of the molecule is CC(=O)N1CCNc2ncnc(C)c21. The van der Waals surface area contributed by atoms with Crippen LogP contribution in [0.4, 0.5) is 11.5 Å². The van der Waals surface area contributed by atoms with Gasteiger partial charge >= 0.3 is 0 Å². The molecule has 0 saturated heterocycles. The monoisotopic (exact) mass is 192 g/mol. The summed E-state index contributed by atoms with van der Waals surface area (Å²) in [6.07, 6.45) is 1.50. The van der Waals surface area contributed by atoms with Crippen molar-refractivity contribution in [2.75, 3.05) is 23.3 Å². The minimum absolute atomic E-state index is 0.0330. The molecule has 0 aliphatic carbocycles. The van der Waals surface area contributed by atoms with Crippen LogP contribution in [0.25, 0.3) is 0 Å². The van der Waals surface area contributed by atoms with Crippen molar-refractivity contribution in [1.29, 1.82) is 0 Å². The number of fused-ring (bicyclic) bond motifs is 1. The Hall–Kier alpha value is -1.65. The summed E-state index contributed by atoms with van der Waals surface area (Å²) in [6, 6.07) is 0. The van der Waals surface area contributed by atoms with E-state index in [0.717, 1.165) is 23.7 Å². The Morgan fingerprint density at radius 1 is 1.57 bits per heavy atom. The van der Waals surface area contributed by atoms with Crippen LogP contribution in [0, 0.1) is 6.92 Å². The molecule has 0 fully saturated rings. The van der Waals surface area contributed by atoms with Gasteiger partial charge in [-0.15, -0.1) is 0 Å². The summed E-state index contributed by atoms with van der Waals surface area (Å²) in [7, 11) is 0. The molecule has 0 aromatic carbocycles. The van der Waals surface area contributed by atoms with E-state index in [1.165, 1.54) is 6.33 Å². The number of nitrogens with one attached hydrogen (secondary N) is 1. The first kappa shape index (κ1) is 8.93. The maximum atomic E-state index is 11.4. The zero-order chi connectivity index (χ0) is 10.1. The van der Waals surface area contributed by atoms with Gasteiger partial charge in [0.2, 0.25) is 5.91 Å². The van der Waals surface area contributed by atoms with E-state index in [1.54, 1.807) is 11.8 Å². The number of aromatic nitrogens is 2. The molecule has 0 bridgehead atoms. The summed E-state index contributed by atoms with van der Waals surface area (Å²) in [6.45, 7) is 4.85. The van der Waals surface area contributed by atoms with Gasteiger partial charge in [0, 0.05) is 20.0 Å². The van der Waals surface area contributed by atoms with Crippen molar-refractivity contribution < 1.29 is 4.79 Å². The van der Waals surface area contributed by atoms with E-state index in [4.69, 9.17) is 0 Å². The average molecular weight is 192 g/mol. The quantitative estimate of drug-likeness (QED) is 0.652. The van der Waals surface area contributed by atoms with Crippen molar-refractivity contribution in [2.24, 2.45) is 0 Å². The smallest absolute Gasteiger partial charge is 0.224 e. The maximum Gasteiger partial charge on any atom is 0.224 e. The zero-order valence-electron chi connectivity index (χ0n) is 8.24. The fourth-order valence-electron chi connectivity index (χ4n) is 1.63. The maximum absolute atomic E-state index is 11.4. The predicted molar refractivity (Wildman–Crippen MR) is 53.3 cm³/mol. The largest absolute Gasteiger partial charge is 0.366 e. The van der Waals surface area contributed by atoms with Gasteiger partial charge in [0.05, 0.1) is 5.69 Å². The van der Waals surface area contributed by atoms with Crippen LogP contribution in [0.1, 0.15) is 12.6 Å². The van der Waals surface area contributed by atoms with Crippen LogP contribution in [0.15, 0.2) is 6.33 Å². The lowest BCUT2D eigenvalue weighted by Gasteiger charge is -2.29. The van der Waals surface area contributed by atoms with E-state index < -0.39 is 0 Å². The number of hydrogen-bond donors (Lipinski definition) is 1. The Labute approximate surface area is 82.2 Å². The van der Waals surface area contributed by atoms with E-state index in [0.29, 0.717) is 6.54 Å². The van der Waals surface area contributed by atoms with Crippen LogP contribution in [0.3, 0.4) is 0 Å². The first-order valence-electron chi connectivity index (χ1n) is 4.53. The number of carbonyl (C=O) groups excluding carboxylic acids is 1. The van der Waals surface area contributed by atoms with Crippen molar-refractivity contribution in [1.82, 2.24) is 9.97 Å². The highest BCUT2D eigenvalue weighted by molar-refractivity contribution is 5.96. The second kappa shape index (κ2) is 3.25. The van der Waals surface area contributed by atoms with Crippen LogP contribution in [0.2, 0.25) is 0 Å². The Kier molecular flexibility index (Phi) is 2.07. The Bertz CT molecular complexity index is 377. The Morgan fingerprint density at radius 2 is 2.36 bits per heavy atom. The number of carbonyl (C=O) groups is 1. The number of rotatable bonds is 0. The standard InChI is InChI=1S/C9H12N4O/c1-6-8-9(12-5-11-6)10-3-4-13(8)7(2)14/h5H,3-4H2,1-2H3,(H,10,11,12). The number of nitrogens with zero attached hydrogens (tertiary/aromatic N) is 3. The highest BCUT2D eigenvalue weighted by Gasteiger charge is 2.22. The van der Waals surface area contributed by atoms with Crippen molar-refractivity contribution in [3.63, 3.8) is 0 Å². The molecule has 0 saturated carbocycles. The van der Waals surface area contributed by atoms with E-state index >= 15 is 0 Å². The van der Waals surface area contributed by atoms with Crippen molar-refractivity contribution in [3.8, 4) is 0 Å². The lowest BCUT2D eigenvalue weighted by atomic mass is 10.2. The Morgan fingerprint density at radius 3 is 3.07 bits per heavy atom. The molecule has 14 heavy (non-hydrogen) atoms. The second-order valence-corrected chi connectivity index (χ2v) is 3.25. The van der Waals surface area contributed by atoms with Crippen LogP contribution < -0.4 is 10.2 Å². The van der Waals surface area contributed by atoms with Crippen LogP contribution in [-0.4, -0.2) is 29.0 Å². The number of anilines is 2. The van der Waals surface area contributed by atoms with Gasteiger partial charge in [-0.3, -0.25) is 4.79 Å². The minimum Gasteiger partial charge on any atom is -0.366 e. The first-order chi connectivity index (χ1) is 6.70. The number of aryl methyl sites for hydroxylation is 1. The molecule has 0 radical (unpaired) electrons. The fourth-order valence-corrected chi connectivity index (χ4v) is 1.63. The van der Waals surface area contributed by atoms with Gasteiger partial charge in [-0.05, 0) is 6.92 Å². The fraction of sp³-hybridized carbons (Fsp3) is 0.444. The van der Waals surface area contributed by atoms with Crippen molar-refractivity contribution in [3.05, 3.63) is 12.0 Å². The van der Waals surface area contributed by atoms with E-state index in [9.17, 15) is 4.79 Å². The molecule has 1 aromatic rings. The zero-order valence-corrected chi connectivity index (χ0v) is 8.24. The summed E-state index contributed by atoms with van der Waals surface area (Å²) >= 11 is 0. The third kappa shape index (κ3) is 1.30. The topological polar surface area (TPSA) is 58.1 Å². The summed E-state index contributed by atoms with van der Waals surface area (Å²) in [5.41, 5.74) is 1.64. The third-order valence-corrected chi connectivity index (χ3v) is 2.28. The number of amides is 1. The van der Waals surface area contributed by atoms with Crippen LogP contribution >= 0.6 is 0 Å². The average Bonchev–Trinajstić information content (AvgIpc) is 2.17. The molecular weight excluding hydrogens is 180 g/mol. The van der Waals surface area contributed by atoms with Gasteiger partial charge in [-0.2, -0.15) is 0 Å². The van der Waals surface area contributed by atoms with Crippen LogP contribution in [-0.2, 0) is 4.79 Å². The summed E-state index contributed by atoms with van der Waals surface area (Å²) in [5.74, 6) is 0.782. The molecule has 1 aliphatic heterocycles. The first-order valence-corrected chi connectivity index (χ1v) is 4.53. The predicted octanol–water partition coefficient (Wildman–Crippen LogP) is 0.563. The molecule has 1 amide bonds. The second-order valence-electron chi connectivity index (χ2n) is 3.25. The van der Waals surface area contributed by atoms with Gasteiger partial charge in [-0.1, -0.05) is 0 Å². The van der Waals surface area contributed by atoms with Gasteiger partial charge in [-0.25, -0.2) is 9.97 Å². The molecule has 2 rings (SSSR count). The molecular formula is C9H12N4O. The summed E-state index contributed by atoms with van der Waals surface area (Å²) in [4.78, 5) is 21.2.